The molecule has 0 bridgehead atoms. The molecule has 1 fully saturated rings. The van der Waals surface area contributed by atoms with Crippen LogP contribution in [-0.4, -0.2) is 43.1 Å². The molecule has 0 aliphatic heterocycles. The molecule has 0 unspecified atom stereocenters. The number of likely N-dealkylation sites (N-methyl/N-ethyl adjacent to an activating group) is 2. The summed E-state index contributed by atoms with van der Waals surface area (Å²) < 4.78 is 0.982. The highest BCUT2D eigenvalue weighted by atomic mass is 79.9. The van der Waals surface area contributed by atoms with Crippen LogP contribution in [0.2, 0.25) is 0 Å². The third-order valence-corrected chi connectivity index (χ3v) is 4.69. The Bertz CT molecular complexity index is 443. The Kier molecular flexibility index (Phi) is 4.48. The van der Waals surface area contributed by atoms with Gasteiger partial charge in [-0.3, -0.25) is 0 Å². The first-order chi connectivity index (χ1) is 8.98. The smallest absolute Gasteiger partial charge is 0.132 e. The highest BCUT2D eigenvalue weighted by Gasteiger charge is 2.40. The summed E-state index contributed by atoms with van der Waals surface area (Å²) in [5, 5.41) is 0. The lowest BCUT2D eigenvalue weighted by Gasteiger charge is -2.49. The summed E-state index contributed by atoms with van der Waals surface area (Å²) in [6, 6.07) is 2.06. The minimum absolute atomic E-state index is 0.301. The predicted octanol–water partition coefficient (Wildman–Crippen LogP) is 2.22. The SMILES string of the molecule is CN(CC1(N(C)C)CCC1)c1ncc(Br)cc1CN. The van der Waals surface area contributed by atoms with Gasteiger partial charge in [0.25, 0.3) is 0 Å². The van der Waals surface area contributed by atoms with Crippen LogP contribution < -0.4 is 10.6 Å². The van der Waals surface area contributed by atoms with E-state index in [1.165, 1.54) is 19.3 Å². The number of hydrogen-bond donors (Lipinski definition) is 1. The molecule has 0 radical (unpaired) electrons. The van der Waals surface area contributed by atoms with Gasteiger partial charge in [-0.05, 0) is 55.4 Å². The zero-order valence-electron chi connectivity index (χ0n) is 12.0. The summed E-state index contributed by atoms with van der Waals surface area (Å²) in [4.78, 5) is 9.13. The van der Waals surface area contributed by atoms with E-state index in [1.54, 1.807) is 0 Å². The lowest BCUT2D eigenvalue weighted by atomic mass is 9.75. The Morgan fingerprint density at radius 1 is 1.37 bits per heavy atom. The lowest BCUT2D eigenvalue weighted by Crippen LogP contribution is -2.57. The molecule has 2 N–H and O–H groups in total. The van der Waals surface area contributed by atoms with Crippen molar-refractivity contribution in [1.29, 1.82) is 0 Å². The van der Waals surface area contributed by atoms with Gasteiger partial charge in [0.15, 0.2) is 0 Å². The average Bonchev–Trinajstić information content (AvgIpc) is 2.32. The van der Waals surface area contributed by atoms with Crippen LogP contribution in [-0.2, 0) is 6.54 Å². The Hall–Kier alpha value is -0.650. The number of hydrogen-bond acceptors (Lipinski definition) is 4. The van der Waals surface area contributed by atoms with Gasteiger partial charge in [-0.1, -0.05) is 0 Å². The van der Waals surface area contributed by atoms with Crippen molar-refractivity contribution in [1.82, 2.24) is 9.88 Å². The topological polar surface area (TPSA) is 45.4 Å². The minimum atomic E-state index is 0.301. The van der Waals surface area contributed by atoms with Gasteiger partial charge in [-0.2, -0.15) is 0 Å². The van der Waals surface area contributed by atoms with Crippen molar-refractivity contribution < 1.29 is 0 Å². The van der Waals surface area contributed by atoms with E-state index in [0.29, 0.717) is 12.1 Å². The van der Waals surface area contributed by atoms with E-state index < -0.39 is 0 Å². The second-order valence-electron chi connectivity index (χ2n) is 5.67. The highest BCUT2D eigenvalue weighted by molar-refractivity contribution is 9.10. The van der Waals surface area contributed by atoms with Crippen LogP contribution in [0.3, 0.4) is 0 Å². The Balaban J connectivity index is 2.18. The van der Waals surface area contributed by atoms with E-state index in [0.717, 1.165) is 22.4 Å². The van der Waals surface area contributed by atoms with E-state index in [9.17, 15) is 0 Å². The van der Waals surface area contributed by atoms with E-state index in [2.05, 4.69) is 57.9 Å². The molecule has 0 saturated heterocycles. The quantitative estimate of drug-likeness (QED) is 0.901. The first-order valence-corrected chi connectivity index (χ1v) is 7.51. The molecule has 1 aliphatic rings. The maximum absolute atomic E-state index is 5.83. The average molecular weight is 327 g/mol. The fourth-order valence-electron chi connectivity index (χ4n) is 2.82. The fraction of sp³-hybridized carbons (Fsp3) is 0.643. The molecule has 0 amide bonds. The molecule has 4 nitrogen and oxygen atoms in total. The first kappa shape index (κ1) is 14.8. The van der Waals surface area contributed by atoms with Crippen molar-refractivity contribution in [2.75, 3.05) is 32.6 Å². The van der Waals surface area contributed by atoms with Crippen molar-refractivity contribution in [2.24, 2.45) is 5.73 Å². The summed E-state index contributed by atoms with van der Waals surface area (Å²) in [6.07, 6.45) is 5.69. The molecule has 1 aliphatic carbocycles. The van der Waals surface area contributed by atoms with Crippen molar-refractivity contribution in [3.63, 3.8) is 0 Å². The molecule has 1 aromatic rings. The number of pyridine rings is 1. The van der Waals surface area contributed by atoms with Crippen molar-refractivity contribution in [2.45, 2.75) is 31.3 Å². The Labute approximate surface area is 124 Å². The van der Waals surface area contributed by atoms with Gasteiger partial charge in [0, 0.05) is 41.9 Å². The number of halogens is 1. The molecular weight excluding hydrogens is 304 g/mol. The molecule has 1 heterocycles. The Morgan fingerprint density at radius 3 is 2.53 bits per heavy atom. The van der Waals surface area contributed by atoms with Crippen LogP contribution in [0.1, 0.15) is 24.8 Å². The third-order valence-electron chi connectivity index (χ3n) is 4.26. The van der Waals surface area contributed by atoms with Crippen molar-refractivity contribution in [3.05, 3.63) is 22.3 Å². The summed E-state index contributed by atoms with van der Waals surface area (Å²) in [5.41, 5.74) is 7.22. The van der Waals surface area contributed by atoms with E-state index in [4.69, 9.17) is 5.73 Å². The third kappa shape index (κ3) is 2.93. The van der Waals surface area contributed by atoms with Crippen LogP contribution in [0.25, 0.3) is 0 Å². The van der Waals surface area contributed by atoms with Gasteiger partial charge in [0.2, 0.25) is 0 Å². The van der Waals surface area contributed by atoms with Crippen molar-refractivity contribution >= 4 is 21.7 Å². The molecule has 0 atom stereocenters. The molecule has 1 aromatic heterocycles. The number of aromatic nitrogens is 1. The monoisotopic (exact) mass is 326 g/mol. The molecule has 0 aromatic carbocycles. The van der Waals surface area contributed by atoms with Crippen LogP contribution in [0.5, 0.6) is 0 Å². The van der Waals surface area contributed by atoms with Crippen LogP contribution in [0.15, 0.2) is 16.7 Å². The summed E-state index contributed by atoms with van der Waals surface area (Å²) in [6.45, 7) is 1.52. The fourth-order valence-corrected chi connectivity index (χ4v) is 3.19. The zero-order chi connectivity index (χ0) is 14.0. The van der Waals surface area contributed by atoms with Crippen LogP contribution in [0, 0.1) is 0 Å². The Morgan fingerprint density at radius 2 is 2.05 bits per heavy atom. The number of rotatable bonds is 5. The summed E-state index contributed by atoms with van der Waals surface area (Å²) in [7, 11) is 6.46. The highest BCUT2D eigenvalue weighted by Crippen LogP contribution is 2.37. The second-order valence-corrected chi connectivity index (χ2v) is 6.58. The van der Waals surface area contributed by atoms with Gasteiger partial charge in [-0.15, -0.1) is 0 Å². The second kappa shape index (κ2) is 5.77. The molecule has 19 heavy (non-hydrogen) atoms. The van der Waals surface area contributed by atoms with Gasteiger partial charge >= 0.3 is 0 Å². The molecule has 106 valence electrons. The maximum Gasteiger partial charge on any atom is 0.132 e. The number of nitrogens with zero attached hydrogens (tertiary/aromatic N) is 3. The number of anilines is 1. The van der Waals surface area contributed by atoms with E-state index in [-0.39, 0.29) is 0 Å². The standard InChI is InChI=1S/C14H23BrN4/c1-18(2)14(5-4-6-14)10-19(3)13-11(8-16)7-12(15)9-17-13/h7,9H,4-6,8,10,16H2,1-3H3. The van der Waals surface area contributed by atoms with E-state index >= 15 is 0 Å². The normalized spacial score (nSPS) is 17.4. The van der Waals surface area contributed by atoms with Gasteiger partial charge in [0.1, 0.15) is 5.82 Å². The largest absolute Gasteiger partial charge is 0.358 e. The predicted molar refractivity (Wildman–Crippen MR) is 83.4 cm³/mol. The molecule has 0 spiro atoms. The molecule has 2 rings (SSSR count). The zero-order valence-corrected chi connectivity index (χ0v) is 13.6. The molecule has 5 heteroatoms. The molecule has 1 saturated carbocycles. The van der Waals surface area contributed by atoms with Gasteiger partial charge < -0.3 is 15.5 Å². The molecular formula is C14H23BrN4. The minimum Gasteiger partial charge on any atom is -0.358 e. The lowest BCUT2D eigenvalue weighted by molar-refractivity contribution is 0.0681. The maximum atomic E-state index is 5.83. The van der Waals surface area contributed by atoms with Crippen LogP contribution >= 0.6 is 15.9 Å². The van der Waals surface area contributed by atoms with Gasteiger partial charge in [0.05, 0.1) is 0 Å². The van der Waals surface area contributed by atoms with Crippen molar-refractivity contribution in [3.8, 4) is 0 Å². The number of nitrogens with two attached hydrogens (primary N) is 1. The summed E-state index contributed by atoms with van der Waals surface area (Å²) >= 11 is 3.45. The summed E-state index contributed by atoms with van der Waals surface area (Å²) in [5.74, 6) is 0.999. The van der Waals surface area contributed by atoms with E-state index in [1.807, 2.05) is 6.20 Å². The first-order valence-electron chi connectivity index (χ1n) is 6.71. The van der Waals surface area contributed by atoms with Crippen LogP contribution in [0.4, 0.5) is 5.82 Å². The van der Waals surface area contributed by atoms with Gasteiger partial charge in [-0.25, -0.2) is 4.98 Å².